The second kappa shape index (κ2) is 4.13. The van der Waals surface area contributed by atoms with Crippen molar-refractivity contribution in [1.82, 2.24) is 0 Å². The number of carbonyl (C=O) groups is 1. The van der Waals surface area contributed by atoms with Crippen molar-refractivity contribution >= 4 is 5.97 Å². The standard InChI is InChI=1S/C12H17NO4/c1-2-8-3-4-10-9(8)5-12(10,6-11(14)15)7-13(16)17/h3-4,8-10H,2,5-7H2,1H3,(H,14,15)/t8?,9-,10+,12+/m0/s1. The van der Waals surface area contributed by atoms with Gasteiger partial charge in [0.05, 0.1) is 11.8 Å². The normalized spacial score (nSPS) is 38.5. The fourth-order valence-electron chi connectivity index (χ4n) is 3.61. The lowest BCUT2D eigenvalue weighted by atomic mass is 9.51. The number of aliphatic carboxylic acids is 1. The first-order chi connectivity index (χ1) is 7.98. The fraction of sp³-hybridized carbons (Fsp3) is 0.750. The predicted octanol–water partition coefficient (Wildman–Crippen LogP) is 1.96. The molecule has 5 heteroatoms. The first-order valence-corrected chi connectivity index (χ1v) is 6.00. The van der Waals surface area contributed by atoms with Gasteiger partial charge in [0.25, 0.3) is 0 Å². The number of carboxylic acids is 1. The molecule has 0 aromatic carbocycles. The minimum atomic E-state index is -0.932. The number of hydrogen-bond donors (Lipinski definition) is 1. The molecule has 17 heavy (non-hydrogen) atoms. The maximum atomic E-state index is 10.9. The molecule has 94 valence electrons. The number of nitro groups is 1. The summed E-state index contributed by atoms with van der Waals surface area (Å²) in [7, 11) is 0. The van der Waals surface area contributed by atoms with Gasteiger partial charge in [-0.3, -0.25) is 14.9 Å². The molecule has 5 nitrogen and oxygen atoms in total. The third-order valence-corrected chi connectivity index (χ3v) is 4.34. The van der Waals surface area contributed by atoms with Crippen LogP contribution in [0.4, 0.5) is 0 Å². The molecule has 1 saturated carbocycles. The molecule has 0 saturated heterocycles. The Morgan fingerprint density at radius 2 is 2.29 bits per heavy atom. The van der Waals surface area contributed by atoms with E-state index in [1.165, 1.54) is 0 Å². The number of hydrogen-bond acceptors (Lipinski definition) is 3. The largest absolute Gasteiger partial charge is 0.481 e. The van der Waals surface area contributed by atoms with Gasteiger partial charge in [-0.25, -0.2) is 0 Å². The van der Waals surface area contributed by atoms with Gasteiger partial charge >= 0.3 is 5.97 Å². The van der Waals surface area contributed by atoms with E-state index in [2.05, 4.69) is 13.0 Å². The van der Waals surface area contributed by atoms with Crippen molar-refractivity contribution in [2.45, 2.75) is 26.2 Å². The summed E-state index contributed by atoms with van der Waals surface area (Å²) in [6.07, 6.45) is 5.74. The molecule has 0 aromatic rings. The van der Waals surface area contributed by atoms with Crippen LogP contribution in [0.1, 0.15) is 26.2 Å². The lowest BCUT2D eigenvalue weighted by Gasteiger charge is -2.50. The molecule has 0 heterocycles. The van der Waals surface area contributed by atoms with Gasteiger partial charge in [0.15, 0.2) is 0 Å². The highest BCUT2D eigenvalue weighted by Gasteiger charge is 2.59. The second-order valence-corrected chi connectivity index (χ2v) is 5.27. The van der Waals surface area contributed by atoms with E-state index >= 15 is 0 Å². The van der Waals surface area contributed by atoms with E-state index in [1.54, 1.807) is 0 Å². The van der Waals surface area contributed by atoms with Crippen molar-refractivity contribution in [2.24, 2.45) is 23.2 Å². The van der Waals surface area contributed by atoms with Crippen molar-refractivity contribution in [1.29, 1.82) is 0 Å². The molecule has 0 amide bonds. The van der Waals surface area contributed by atoms with Crippen molar-refractivity contribution in [2.75, 3.05) is 6.54 Å². The fourth-order valence-corrected chi connectivity index (χ4v) is 3.61. The summed E-state index contributed by atoms with van der Waals surface area (Å²) in [6.45, 7) is 1.88. The number of fused-ring (bicyclic) bond motifs is 1. The van der Waals surface area contributed by atoms with E-state index < -0.39 is 11.4 Å². The van der Waals surface area contributed by atoms with E-state index in [9.17, 15) is 14.9 Å². The summed E-state index contributed by atoms with van der Waals surface area (Å²) in [5.41, 5.74) is -0.638. The Morgan fingerprint density at radius 3 is 2.82 bits per heavy atom. The highest BCUT2D eigenvalue weighted by molar-refractivity contribution is 5.68. The molecule has 0 bridgehead atoms. The molecule has 0 aromatic heterocycles. The van der Waals surface area contributed by atoms with Crippen molar-refractivity contribution in [3.05, 3.63) is 22.3 Å². The van der Waals surface area contributed by atoms with Gasteiger partial charge in [-0.2, -0.15) is 0 Å². The molecule has 4 atom stereocenters. The van der Waals surface area contributed by atoms with Crippen LogP contribution in [0.3, 0.4) is 0 Å². The van der Waals surface area contributed by atoms with Crippen LogP contribution in [-0.4, -0.2) is 22.5 Å². The van der Waals surface area contributed by atoms with Crippen molar-refractivity contribution < 1.29 is 14.8 Å². The summed E-state index contributed by atoms with van der Waals surface area (Å²) in [5, 5.41) is 19.6. The lowest BCUT2D eigenvalue weighted by molar-refractivity contribution is -0.506. The van der Waals surface area contributed by atoms with Crippen LogP contribution in [-0.2, 0) is 4.79 Å². The monoisotopic (exact) mass is 239 g/mol. The summed E-state index contributed by atoms with van der Waals surface area (Å²) in [6, 6.07) is 0. The number of carboxylic acid groups (broad SMARTS) is 1. The average molecular weight is 239 g/mol. The van der Waals surface area contributed by atoms with Gasteiger partial charge < -0.3 is 5.11 Å². The van der Waals surface area contributed by atoms with Crippen molar-refractivity contribution in [3.8, 4) is 0 Å². The van der Waals surface area contributed by atoms with Crippen LogP contribution in [0.15, 0.2) is 12.2 Å². The van der Waals surface area contributed by atoms with Gasteiger partial charge in [0.1, 0.15) is 0 Å². The molecule has 1 N–H and O–H groups in total. The van der Waals surface area contributed by atoms with Gasteiger partial charge in [0.2, 0.25) is 6.54 Å². The van der Waals surface area contributed by atoms with Gasteiger partial charge in [-0.1, -0.05) is 19.1 Å². The van der Waals surface area contributed by atoms with E-state index in [0.29, 0.717) is 18.3 Å². The molecule has 1 fully saturated rings. The molecule has 2 aliphatic rings. The molecule has 2 rings (SSSR count). The maximum Gasteiger partial charge on any atom is 0.304 e. The second-order valence-electron chi connectivity index (χ2n) is 5.27. The van der Waals surface area contributed by atoms with E-state index in [-0.39, 0.29) is 23.8 Å². The predicted molar refractivity (Wildman–Crippen MR) is 61.1 cm³/mol. The van der Waals surface area contributed by atoms with Gasteiger partial charge in [-0.15, -0.1) is 0 Å². The third kappa shape index (κ3) is 1.94. The Kier molecular flexibility index (Phi) is 2.93. The smallest absolute Gasteiger partial charge is 0.304 e. The first-order valence-electron chi connectivity index (χ1n) is 6.00. The van der Waals surface area contributed by atoms with Crippen molar-refractivity contribution in [3.63, 3.8) is 0 Å². The van der Waals surface area contributed by atoms with Crippen LogP contribution < -0.4 is 0 Å². The van der Waals surface area contributed by atoms with Crippen LogP contribution in [0.5, 0.6) is 0 Å². The summed E-state index contributed by atoms with van der Waals surface area (Å²) < 4.78 is 0. The Balaban J connectivity index is 2.14. The number of rotatable bonds is 5. The zero-order valence-corrected chi connectivity index (χ0v) is 9.83. The molecular formula is C12H17NO4. The number of nitrogens with zero attached hydrogens (tertiary/aromatic N) is 1. The Bertz CT molecular complexity index is 361. The van der Waals surface area contributed by atoms with Gasteiger partial charge in [-0.05, 0) is 30.6 Å². The molecule has 0 radical (unpaired) electrons. The average Bonchev–Trinajstić information content (AvgIpc) is 2.53. The van der Waals surface area contributed by atoms with Crippen LogP contribution in [0, 0.1) is 33.3 Å². The van der Waals surface area contributed by atoms with Crippen LogP contribution in [0.25, 0.3) is 0 Å². The minimum absolute atomic E-state index is 0.0874. The zero-order valence-electron chi connectivity index (χ0n) is 9.83. The zero-order chi connectivity index (χ0) is 12.6. The highest BCUT2D eigenvalue weighted by Crippen LogP contribution is 2.60. The molecule has 0 aliphatic heterocycles. The maximum absolute atomic E-state index is 10.9. The summed E-state index contributed by atoms with van der Waals surface area (Å²) >= 11 is 0. The lowest BCUT2D eigenvalue weighted by Crippen LogP contribution is -2.52. The van der Waals surface area contributed by atoms with Crippen LogP contribution >= 0.6 is 0 Å². The summed E-state index contributed by atoms with van der Waals surface area (Å²) in [5.74, 6) is 0.0700. The van der Waals surface area contributed by atoms with E-state index in [0.717, 1.165) is 6.42 Å². The molecule has 0 spiro atoms. The quantitative estimate of drug-likeness (QED) is 0.451. The highest BCUT2D eigenvalue weighted by atomic mass is 16.6. The van der Waals surface area contributed by atoms with E-state index in [1.807, 2.05) is 6.08 Å². The molecular weight excluding hydrogens is 222 g/mol. The molecule has 2 aliphatic carbocycles. The third-order valence-electron chi connectivity index (χ3n) is 4.34. The Morgan fingerprint density at radius 1 is 1.59 bits per heavy atom. The topological polar surface area (TPSA) is 80.4 Å². The van der Waals surface area contributed by atoms with E-state index in [4.69, 9.17) is 5.11 Å². The number of allylic oxidation sites excluding steroid dienone is 2. The Labute approximate surface area is 99.7 Å². The first kappa shape index (κ1) is 12.1. The summed E-state index contributed by atoms with van der Waals surface area (Å²) in [4.78, 5) is 21.2. The molecule has 1 unspecified atom stereocenters. The SMILES string of the molecule is CCC1C=C[C@@H]2[C@H]1C[C@@]2(CC(=O)O)C[N+](=O)[O-]. The Hall–Kier alpha value is -1.39. The minimum Gasteiger partial charge on any atom is -0.481 e. The van der Waals surface area contributed by atoms with Gasteiger partial charge in [0, 0.05) is 4.92 Å². The van der Waals surface area contributed by atoms with Crippen LogP contribution in [0.2, 0.25) is 0 Å².